The van der Waals surface area contributed by atoms with E-state index in [-0.39, 0.29) is 27.8 Å². The zero-order valence-electron chi connectivity index (χ0n) is 17.9. The highest BCUT2D eigenvalue weighted by molar-refractivity contribution is 7.21. The van der Waals surface area contributed by atoms with E-state index >= 15 is 0 Å². The highest BCUT2D eigenvalue weighted by atomic mass is 35.5. The van der Waals surface area contributed by atoms with Crippen LogP contribution in [0.1, 0.15) is 43.4 Å². The number of nitrogens with zero attached hydrogens (tertiary/aromatic N) is 3. The van der Waals surface area contributed by atoms with Crippen molar-refractivity contribution in [3.05, 3.63) is 68.9 Å². The van der Waals surface area contributed by atoms with Gasteiger partial charge in [-0.15, -0.1) is 11.3 Å². The molecule has 8 nitrogen and oxygen atoms in total. The summed E-state index contributed by atoms with van der Waals surface area (Å²) in [6, 6.07) is 8.03. The molecule has 0 unspecified atom stereocenters. The lowest BCUT2D eigenvalue weighted by Gasteiger charge is -2.09. The van der Waals surface area contributed by atoms with Crippen LogP contribution in [-0.4, -0.2) is 26.6 Å². The third-order valence-corrected chi connectivity index (χ3v) is 6.29. The topological polar surface area (TPSA) is 112 Å². The van der Waals surface area contributed by atoms with Gasteiger partial charge in [0.15, 0.2) is 12.4 Å². The first-order valence-electron chi connectivity index (χ1n) is 9.89. The van der Waals surface area contributed by atoms with E-state index in [2.05, 4.69) is 15.4 Å². The van der Waals surface area contributed by atoms with Gasteiger partial charge in [0.1, 0.15) is 21.2 Å². The minimum atomic E-state index is -2.78. The Labute approximate surface area is 201 Å². The molecule has 1 aromatic carbocycles. The fourth-order valence-corrected chi connectivity index (χ4v) is 4.54. The van der Waals surface area contributed by atoms with Crippen LogP contribution in [0, 0.1) is 13.8 Å². The van der Waals surface area contributed by atoms with Crippen molar-refractivity contribution in [3.8, 4) is 5.75 Å². The lowest BCUT2D eigenvalue weighted by atomic mass is 10.1. The minimum absolute atomic E-state index is 0.00206. The van der Waals surface area contributed by atoms with Gasteiger partial charge >= 0.3 is 0 Å². The van der Waals surface area contributed by atoms with Gasteiger partial charge < -0.3 is 15.8 Å². The van der Waals surface area contributed by atoms with Crippen molar-refractivity contribution in [3.63, 3.8) is 0 Å². The second kappa shape index (κ2) is 9.35. The van der Waals surface area contributed by atoms with Crippen molar-refractivity contribution >= 4 is 50.7 Å². The number of benzene rings is 1. The number of fused-ring (bicyclic) bond motifs is 1. The van der Waals surface area contributed by atoms with E-state index < -0.39 is 23.9 Å². The van der Waals surface area contributed by atoms with Crippen LogP contribution in [0.5, 0.6) is 5.75 Å². The molecule has 34 heavy (non-hydrogen) atoms. The molecular formula is C22H18ClF2N5O3S. The average molecular weight is 506 g/mol. The second-order valence-corrected chi connectivity index (χ2v) is 8.82. The van der Waals surface area contributed by atoms with Gasteiger partial charge in [0.2, 0.25) is 0 Å². The number of aromatic nitrogens is 3. The third-order valence-electron chi connectivity index (χ3n) is 4.88. The standard InChI is InChI=1S/C22H18ClF2N5O3S/c1-10-3-4-12(23)15(7-10)33-9-30-6-5-13(29-30)21(32)28-17-16-11(2)8-14(19(24)25)27-22(16)34-18(17)20(26)31/h3-8,19H,9H2,1-2H3,(H2,26,31)(H,28,32). The number of pyridine rings is 1. The molecule has 3 aromatic heterocycles. The van der Waals surface area contributed by atoms with Crippen molar-refractivity contribution in [2.75, 3.05) is 5.32 Å². The van der Waals surface area contributed by atoms with Crippen LogP contribution in [0.15, 0.2) is 36.5 Å². The maximum atomic E-state index is 13.1. The van der Waals surface area contributed by atoms with Gasteiger partial charge in [-0.1, -0.05) is 17.7 Å². The first kappa shape index (κ1) is 23.6. The molecule has 176 valence electrons. The number of thiophene rings is 1. The summed E-state index contributed by atoms with van der Waals surface area (Å²) < 4.78 is 33.3. The molecule has 0 spiro atoms. The van der Waals surface area contributed by atoms with Gasteiger partial charge in [-0.2, -0.15) is 5.10 Å². The highest BCUT2D eigenvalue weighted by Gasteiger charge is 2.24. The van der Waals surface area contributed by atoms with Gasteiger partial charge in [-0.25, -0.2) is 18.4 Å². The summed E-state index contributed by atoms with van der Waals surface area (Å²) in [6.45, 7) is 3.49. The van der Waals surface area contributed by atoms with Gasteiger partial charge in [0, 0.05) is 11.6 Å². The molecule has 0 fully saturated rings. The first-order valence-corrected chi connectivity index (χ1v) is 11.1. The monoisotopic (exact) mass is 505 g/mol. The largest absolute Gasteiger partial charge is 0.470 e. The predicted octanol–water partition coefficient (Wildman–Crippen LogP) is 5.09. The van der Waals surface area contributed by atoms with Crippen molar-refractivity contribution < 1.29 is 23.1 Å². The lowest BCUT2D eigenvalue weighted by molar-refractivity contribution is 0.100. The van der Waals surface area contributed by atoms with Crippen LogP contribution in [0.4, 0.5) is 14.5 Å². The molecule has 3 heterocycles. The number of primary amides is 1. The van der Waals surface area contributed by atoms with E-state index in [4.69, 9.17) is 22.1 Å². The van der Waals surface area contributed by atoms with Crippen LogP contribution in [0.3, 0.4) is 0 Å². The van der Waals surface area contributed by atoms with E-state index in [1.165, 1.54) is 16.8 Å². The van der Waals surface area contributed by atoms with E-state index in [1.54, 1.807) is 25.3 Å². The minimum Gasteiger partial charge on any atom is -0.470 e. The molecule has 4 aromatic rings. The maximum Gasteiger partial charge on any atom is 0.280 e. The second-order valence-electron chi connectivity index (χ2n) is 7.42. The van der Waals surface area contributed by atoms with Gasteiger partial charge in [-0.05, 0) is 49.2 Å². The van der Waals surface area contributed by atoms with Crippen molar-refractivity contribution in [1.82, 2.24) is 14.8 Å². The Bertz CT molecular complexity index is 1420. The van der Waals surface area contributed by atoms with E-state index in [9.17, 15) is 18.4 Å². The predicted molar refractivity (Wildman–Crippen MR) is 125 cm³/mol. The quantitative estimate of drug-likeness (QED) is 0.363. The molecule has 2 amide bonds. The summed E-state index contributed by atoms with van der Waals surface area (Å²) in [5.74, 6) is -0.956. The van der Waals surface area contributed by atoms with E-state index in [0.717, 1.165) is 16.9 Å². The Kier molecular flexibility index (Phi) is 6.49. The summed E-state index contributed by atoms with van der Waals surface area (Å²) in [7, 11) is 0. The number of carbonyl (C=O) groups excluding carboxylic acids is 2. The Morgan fingerprint density at radius 1 is 1.26 bits per heavy atom. The number of amides is 2. The molecule has 0 radical (unpaired) electrons. The Balaban J connectivity index is 1.58. The molecule has 0 saturated heterocycles. The molecule has 0 aliphatic carbocycles. The van der Waals surface area contributed by atoms with Crippen LogP contribution < -0.4 is 15.8 Å². The van der Waals surface area contributed by atoms with Crippen LogP contribution in [0.25, 0.3) is 10.2 Å². The summed E-state index contributed by atoms with van der Waals surface area (Å²) >= 11 is 6.96. The molecular weight excluding hydrogens is 488 g/mol. The van der Waals surface area contributed by atoms with Gasteiger partial charge in [0.05, 0.1) is 10.7 Å². The number of anilines is 1. The normalized spacial score (nSPS) is 11.2. The zero-order valence-corrected chi connectivity index (χ0v) is 19.5. The Morgan fingerprint density at radius 3 is 2.74 bits per heavy atom. The highest BCUT2D eigenvalue weighted by Crippen LogP contribution is 2.38. The number of rotatable bonds is 7. The van der Waals surface area contributed by atoms with Crippen LogP contribution >= 0.6 is 22.9 Å². The number of carbonyl (C=O) groups is 2. The summed E-state index contributed by atoms with van der Waals surface area (Å²) in [5.41, 5.74) is 6.59. The van der Waals surface area contributed by atoms with Gasteiger partial charge in [-0.3, -0.25) is 9.59 Å². The SMILES string of the molecule is Cc1ccc(Cl)c(OCn2ccc(C(=O)Nc3c(C(N)=O)sc4nc(C(F)F)cc(C)c34)n2)c1. The number of ether oxygens (including phenoxy) is 1. The number of alkyl halides is 2. The van der Waals surface area contributed by atoms with E-state index in [0.29, 0.717) is 21.7 Å². The third kappa shape index (κ3) is 4.70. The number of aryl methyl sites for hydroxylation is 2. The number of hydrogen-bond acceptors (Lipinski definition) is 6. The Morgan fingerprint density at radius 2 is 2.03 bits per heavy atom. The number of halogens is 3. The first-order chi connectivity index (χ1) is 16.1. The lowest BCUT2D eigenvalue weighted by Crippen LogP contribution is -2.18. The van der Waals surface area contributed by atoms with Crippen LogP contribution in [0.2, 0.25) is 5.02 Å². The smallest absolute Gasteiger partial charge is 0.280 e. The zero-order chi connectivity index (χ0) is 24.6. The Hall–Kier alpha value is -3.57. The van der Waals surface area contributed by atoms with Gasteiger partial charge in [0.25, 0.3) is 18.2 Å². The van der Waals surface area contributed by atoms with Crippen molar-refractivity contribution in [2.45, 2.75) is 27.0 Å². The maximum absolute atomic E-state index is 13.1. The molecule has 12 heteroatoms. The average Bonchev–Trinajstić information content (AvgIpc) is 3.39. The van der Waals surface area contributed by atoms with Crippen molar-refractivity contribution in [1.29, 1.82) is 0 Å². The van der Waals surface area contributed by atoms with Crippen LogP contribution in [-0.2, 0) is 6.73 Å². The molecule has 0 atom stereocenters. The summed E-state index contributed by atoms with van der Waals surface area (Å²) in [4.78, 5) is 28.9. The molecule has 3 N–H and O–H groups in total. The molecule has 4 rings (SSSR count). The number of hydrogen-bond donors (Lipinski definition) is 2. The molecule has 0 saturated carbocycles. The fourth-order valence-electron chi connectivity index (χ4n) is 3.30. The number of nitrogens with one attached hydrogen (secondary N) is 1. The fraction of sp³-hybridized carbons (Fsp3) is 0.182. The number of nitrogens with two attached hydrogens (primary N) is 1. The van der Waals surface area contributed by atoms with E-state index in [1.807, 2.05) is 13.0 Å². The van der Waals surface area contributed by atoms with Crippen molar-refractivity contribution in [2.24, 2.45) is 5.73 Å². The molecule has 0 aliphatic rings. The molecule has 0 bridgehead atoms. The molecule has 0 aliphatic heterocycles. The summed E-state index contributed by atoms with van der Waals surface area (Å²) in [5, 5.41) is 7.62. The summed E-state index contributed by atoms with van der Waals surface area (Å²) in [6.07, 6.45) is -1.23.